The molecule has 0 unspecified atom stereocenters. The third-order valence-electron chi connectivity index (χ3n) is 2.40. The molecule has 0 bridgehead atoms. The van der Waals surface area contributed by atoms with Gasteiger partial charge in [0, 0.05) is 12.3 Å². The summed E-state index contributed by atoms with van der Waals surface area (Å²) in [7, 11) is 0. The van der Waals surface area contributed by atoms with Gasteiger partial charge in [0.05, 0.1) is 21.3 Å². The van der Waals surface area contributed by atoms with Gasteiger partial charge >= 0.3 is 5.97 Å². The molecule has 1 heterocycles. The van der Waals surface area contributed by atoms with Crippen molar-refractivity contribution in [1.29, 1.82) is 0 Å². The van der Waals surface area contributed by atoms with Crippen LogP contribution in [-0.2, 0) is 0 Å². The Morgan fingerprint density at radius 3 is 2.32 bits per heavy atom. The van der Waals surface area contributed by atoms with Gasteiger partial charge in [-0.15, -0.1) is 0 Å². The smallest absolute Gasteiger partial charge is 0.337 e. The summed E-state index contributed by atoms with van der Waals surface area (Å²) in [4.78, 5) is 22.5. The largest absolute Gasteiger partial charge is 0.478 e. The molecule has 0 spiro atoms. The van der Waals surface area contributed by atoms with Gasteiger partial charge in [0.2, 0.25) is 0 Å². The number of aromatic nitrogens is 1. The van der Waals surface area contributed by atoms with Crippen LogP contribution in [-0.4, -0.2) is 15.6 Å². The van der Waals surface area contributed by atoms with Crippen LogP contribution < -0.4 is 5.56 Å². The minimum atomic E-state index is -1.19. The number of carboxylic acid groups (broad SMARTS) is 1. The molecule has 0 saturated heterocycles. The summed E-state index contributed by atoms with van der Waals surface area (Å²) in [6.07, 6.45) is 1.12. The van der Waals surface area contributed by atoms with Crippen molar-refractivity contribution in [3.05, 3.63) is 62.2 Å². The maximum absolute atomic E-state index is 13.3. The first-order valence-electron chi connectivity index (χ1n) is 5.01. The zero-order valence-electron chi connectivity index (χ0n) is 9.23. The number of carbonyl (C=O) groups is 1. The van der Waals surface area contributed by atoms with Gasteiger partial charge in [0.15, 0.2) is 5.82 Å². The maximum atomic E-state index is 13.3. The molecule has 1 N–H and O–H groups in total. The van der Waals surface area contributed by atoms with Crippen LogP contribution in [0.15, 0.2) is 35.3 Å². The van der Waals surface area contributed by atoms with Crippen LogP contribution >= 0.6 is 23.2 Å². The van der Waals surface area contributed by atoms with Gasteiger partial charge in [-0.1, -0.05) is 23.2 Å². The van der Waals surface area contributed by atoms with E-state index in [0.717, 1.165) is 16.8 Å². The molecular weight excluding hydrogens is 296 g/mol. The Kier molecular flexibility index (Phi) is 3.59. The van der Waals surface area contributed by atoms with E-state index >= 15 is 0 Å². The van der Waals surface area contributed by atoms with E-state index in [9.17, 15) is 14.0 Å². The third-order valence-corrected chi connectivity index (χ3v) is 2.95. The predicted molar refractivity (Wildman–Crippen MR) is 69.0 cm³/mol. The second kappa shape index (κ2) is 5.03. The van der Waals surface area contributed by atoms with E-state index < -0.39 is 17.3 Å². The Hall–Kier alpha value is -1.85. The summed E-state index contributed by atoms with van der Waals surface area (Å²) in [5.41, 5.74) is -0.385. The second-order valence-corrected chi connectivity index (χ2v) is 4.47. The van der Waals surface area contributed by atoms with E-state index in [-0.39, 0.29) is 21.3 Å². The number of benzene rings is 1. The zero-order valence-corrected chi connectivity index (χ0v) is 10.7. The molecule has 0 amide bonds. The highest BCUT2D eigenvalue weighted by Crippen LogP contribution is 2.26. The third kappa shape index (κ3) is 2.62. The molecule has 4 nitrogen and oxygen atoms in total. The van der Waals surface area contributed by atoms with E-state index in [1.165, 1.54) is 18.2 Å². The van der Waals surface area contributed by atoms with Gasteiger partial charge < -0.3 is 5.11 Å². The first kappa shape index (κ1) is 13.6. The van der Waals surface area contributed by atoms with Crippen LogP contribution in [0, 0.1) is 5.82 Å². The van der Waals surface area contributed by atoms with Gasteiger partial charge in [-0.2, -0.15) is 0 Å². The van der Waals surface area contributed by atoms with Gasteiger partial charge in [-0.25, -0.2) is 9.18 Å². The quantitative estimate of drug-likeness (QED) is 0.868. The van der Waals surface area contributed by atoms with Crippen molar-refractivity contribution in [3.8, 4) is 5.69 Å². The minimum absolute atomic E-state index is 0.0869. The lowest BCUT2D eigenvalue weighted by Gasteiger charge is -2.08. The zero-order chi connectivity index (χ0) is 14.2. The lowest BCUT2D eigenvalue weighted by atomic mass is 10.2. The Morgan fingerprint density at radius 2 is 1.79 bits per heavy atom. The molecule has 7 heteroatoms. The predicted octanol–water partition coefficient (Wildman–Crippen LogP) is 2.98. The maximum Gasteiger partial charge on any atom is 0.337 e. The number of hydrogen-bond donors (Lipinski definition) is 1. The van der Waals surface area contributed by atoms with Crippen LogP contribution in [0.25, 0.3) is 5.69 Å². The number of carboxylic acids is 1. The van der Waals surface area contributed by atoms with Crippen LogP contribution in [0.5, 0.6) is 0 Å². The molecule has 0 fully saturated rings. The van der Waals surface area contributed by atoms with Gasteiger partial charge in [-0.3, -0.25) is 9.36 Å². The topological polar surface area (TPSA) is 59.3 Å². The van der Waals surface area contributed by atoms with E-state index in [4.69, 9.17) is 28.3 Å². The van der Waals surface area contributed by atoms with Crippen LogP contribution in [0.4, 0.5) is 4.39 Å². The van der Waals surface area contributed by atoms with E-state index in [0.29, 0.717) is 0 Å². The summed E-state index contributed by atoms with van der Waals surface area (Å²) >= 11 is 11.3. The Labute approximate surface area is 116 Å². The Bertz CT molecular complexity index is 704. The molecule has 19 heavy (non-hydrogen) atoms. The summed E-state index contributed by atoms with van der Waals surface area (Å²) in [5, 5.41) is 8.36. The lowest BCUT2D eigenvalue weighted by Crippen LogP contribution is -2.18. The number of aromatic carboxylic acids is 1. The molecule has 1 aromatic carbocycles. The van der Waals surface area contributed by atoms with Crippen molar-refractivity contribution in [3.63, 3.8) is 0 Å². The fourth-order valence-electron chi connectivity index (χ4n) is 1.50. The molecule has 2 rings (SSSR count). The van der Waals surface area contributed by atoms with E-state index in [1.807, 2.05) is 0 Å². The highest BCUT2D eigenvalue weighted by molar-refractivity contribution is 6.35. The molecule has 0 aliphatic rings. The van der Waals surface area contributed by atoms with Crippen molar-refractivity contribution >= 4 is 29.2 Å². The molecule has 2 aromatic rings. The average molecular weight is 302 g/mol. The summed E-state index contributed by atoms with van der Waals surface area (Å²) in [6.45, 7) is 0. The summed E-state index contributed by atoms with van der Waals surface area (Å²) < 4.78 is 14.3. The monoisotopic (exact) mass is 301 g/mol. The van der Waals surface area contributed by atoms with Crippen molar-refractivity contribution in [1.82, 2.24) is 4.57 Å². The van der Waals surface area contributed by atoms with E-state index in [2.05, 4.69) is 0 Å². The first-order chi connectivity index (χ1) is 8.90. The van der Waals surface area contributed by atoms with Crippen molar-refractivity contribution in [2.24, 2.45) is 0 Å². The normalized spacial score (nSPS) is 10.5. The molecule has 0 radical (unpaired) electrons. The minimum Gasteiger partial charge on any atom is -0.478 e. The van der Waals surface area contributed by atoms with E-state index in [1.54, 1.807) is 0 Å². The molecule has 0 aliphatic carbocycles. The Balaban J connectivity index is 2.68. The molecule has 0 saturated carbocycles. The number of pyridine rings is 1. The van der Waals surface area contributed by atoms with Crippen molar-refractivity contribution in [2.75, 3.05) is 0 Å². The molecule has 1 aromatic heterocycles. The fraction of sp³-hybridized carbons (Fsp3) is 0. The molecule has 98 valence electrons. The average Bonchev–Trinajstić information content (AvgIpc) is 2.35. The number of halogens is 3. The SMILES string of the molecule is O=C(O)c1ccc(=O)n(-c2cc(Cl)c(F)c(Cl)c2)c1. The van der Waals surface area contributed by atoms with Crippen LogP contribution in [0.1, 0.15) is 10.4 Å². The summed E-state index contributed by atoms with van der Waals surface area (Å²) in [6, 6.07) is 4.65. The highest BCUT2D eigenvalue weighted by atomic mass is 35.5. The van der Waals surface area contributed by atoms with Crippen LogP contribution in [0.3, 0.4) is 0 Å². The molecular formula is C12H6Cl2FNO3. The second-order valence-electron chi connectivity index (χ2n) is 3.65. The molecule has 0 aliphatic heterocycles. The number of nitrogens with zero attached hydrogens (tertiary/aromatic N) is 1. The van der Waals surface area contributed by atoms with Gasteiger partial charge in [-0.05, 0) is 18.2 Å². The summed E-state index contributed by atoms with van der Waals surface area (Å²) in [5.74, 6) is -1.98. The lowest BCUT2D eigenvalue weighted by molar-refractivity contribution is 0.0696. The van der Waals surface area contributed by atoms with Crippen molar-refractivity contribution < 1.29 is 14.3 Å². The van der Waals surface area contributed by atoms with Gasteiger partial charge in [0.1, 0.15) is 0 Å². The van der Waals surface area contributed by atoms with Crippen molar-refractivity contribution in [2.45, 2.75) is 0 Å². The number of hydrogen-bond acceptors (Lipinski definition) is 2. The number of rotatable bonds is 2. The van der Waals surface area contributed by atoms with Gasteiger partial charge in [0.25, 0.3) is 5.56 Å². The highest BCUT2D eigenvalue weighted by Gasteiger charge is 2.11. The van der Waals surface area contributed by atoms with Crippen LogP contribution in [0.2, 0.25) is 10.0 Å². The Morgan fingerprint density at radius 1 is 1.21 bits per heavy atom. The fourth-order valence-corrected chi connectivity index (χ4v) is 1.97. The molecule has 0 atom stereocenters. The standard InChI is InChI=1S/C12H6Cl2FNO3/c13-8-3-7(4-9(14)11(8)15)16-5-6(12(18)19)1-2-10(16)17/h1-5H,(H,18,19). The first-order valence-corrected chi connectivity index (χ1v) is 5.76.